The van der Waals surface area contributed by atoms with Crippen LogP contribution in [0.1, 0.15) is 54.9 Å². The van der Waals surface area contributed by atoms with E-state index in [4.69, 9.17) is 0 Å². The van der Waals surface area contributed by atoms with Gasteiger partial charge in [-0.15, -0.1) is 0 Å². The number of piperidine rings is 2. The number of amides is 2. The van der Waals surface area contributed by atoms with Gasteiger partial charge in [-0.1, -0.05) is 24.3 Å². The van der Waals surface area contributed by atoms with Gasteiger partial charge >= 0.3 is 0 Å². The van der Waals surface area contributed by atoms with Gasteiger partial charge in [0.05, 0.1) is 5.41 Å². The molecule has 174 valence electrons. The molecule has 0 aliphatic carbocycles. The van der Waals surface area contributed by atoms with E-state index >= 15 is 0 Å². The first-order chi connectivity index (χ1) is 16.1. The number of nitrogens with zero attached hydrogens (tertiary/aromatic N) is 4. The van der Waals surface area contributed by atoms with E-state index in [1.807, 2.05) is 53.7 Å². The van der Waals surface area contributed by atoms with Crippen molar-refractivity contribution >= 4 is 11.8 Å². The van der Waals surface area contributed by atoms with E-state index in [2.05, 4.69) is 27.8 Å². The Morgan fingerprint density at radius 3 is 2.33 bits per heavy atom. The van der Waals surface area contributed by atoms with Crippen molar-refractivity contribution in [3.05, 3.63) is 66.0 Å². The number of rotatable bonds is 4. The zero-order valence-electron chi connectivity index (χ0n) is 19.6. The summed E-state index contributed by atoms with van der Waals surface area (Å²) in [5.41, 5.74) is 1.66. The van der Waals surface area contributed by atoms with Crippen LogP contribution in [0.4, 0.5) is 0 Å². The van der Waals surface area contributed by atoms with Gasteiger partial charge in [0.25, 0.3) is 5.91 Å². The number of hydrogen-bond acceptors (Lipinski definition) is 4. The molecule has 2 aromatic rings. The molecule has 3 aliphatic heterocycles. The second-order valence-corrected chi connectivity index (χ2v) is 10.0. The highest BCUT2D eigenvalue weighted by Gasteiger charge is 2.59. The second-order valence-electron chi connectivity index (χ2n) is 10.0. The molecule has 2 spiro atoms. The van der Waals surface area contributed by atoms with Gasteiger partial charge < -0.3 is 9.80 Å². The number of carbonyl (C=O) groups excluding carboxylic acids is 2. The van der Waals surface area contributed by atoms with Crippen molar-refractivity contribution in [3.8, 4) is 0 Å². The predicted molar refractivity (Wildman–Crippen MR) is 127 cm³/mol. The van der Waals surface area contributed by atoms with E-state index in [1.54, 1.807) is 0 Å². The monoisotopic (exact) mass is 446 g/mol. The van der Waals surface area contributed by atoms with Gasteiger partial charge in [-0.3, -0.25) is 19.5 Å². The molecule has 3 aliphatic rings. The Hall–Kier alpha value is -2.73. The first-order valence-corrected chi connectivity index (χ1v) is 12.3. The summed E-state index contributed by atoms with van der Waals surface area (Å²) >= 11 is 0. The lowest BCUT2D eigenvalue weighted by molar-refractivity contribution is -0.140. The van der Waals surface area contributed by atoms with Crippen LogP contribution in [0.3, 0.4) is 0 Å². The summed E-state index contributed by atoms with van der Waals surface area (Å²) in [6.45, 7) is 7.11. The van der Waals surface area contributed by atoms with E-state index in [-0.39, 0.29) is 16.9 Å². The summed E-state index contributed by atoms with van der Waals surface area (Å²) < 4.78 is 0. The minimum Gasteiger partial charge on any atom is -0.338 e. The summed E-state index contributed by atoms with van der Waals surface area (Å²) in [6, 6.07) is 13.6. The lowest BCUT2D eigenvalue weighted by atomic mass is 9.71. The topological polar surface area (TPSA) is 56.8 Å². The van der Waals surface area contributed by atoms with Crippen LogP contribution < -0.4 is 0 Å². The van der Waals surface area contributed by atoms with Gasteiger partial charge in [0, 0.05) is 49.7 Å². The lowest BCUT2D eigenvalue weighted by Crippen LogP contribution is -2.54. The normalized spacial score (nSPS) is 22.3. The molecule has 6 heteroatoms. The van der Waals surface area contributed by atoms with Gasteiger partial charge in [-0.2, -0.15) is 0 Å². The third-order valence-corrected chi connectivity index (χ3v) is 8.20. The minimum absolute atomic E-state index is 0.0924. The molecule has 4 heterocycles. The van der Waals surface area contributed by atoms with Crippen LogP contribution in [0.5, 0.6) is 0 Å². The fourth-order valence-electron chi connectivity index (χ4n) is 6.40. The van der Waals surface area contributed by atoms with Gasteiger partial charge in [0.2, 0.25) is 5.91 Å². The van der Waals surface area contributed by atoms with Crippen molar-refractivity contribution in [1.29, 1.82) is 0 Å². The maximum absolute atomic E-state index is 13.7. The van der Waals surface area contributed by atoms with E-state index in [0.717, 1.165) is 76.9 Å². The number of pyridine rings is 1. The number of hydrogen-bond donors (Lipinski definition) is 0. The Morgan fingerprint density at radius 1 is 0.970 bits per heavy atom. The van der Waals surface area contributed by atoms with E-state index in [9.17, 15) is 9.59 Å². The van der Waals surface area contributed by atoms with Crippen molar-refractivity contribution in [1.82, 2.24) is 19.7 Å². The fraction of sp³-hybridized carbons (Fsp3) is 0.519. The summed E-state index contributed by atoms with van der Waals surface area (Å²) in [7, 11) is 0. The van der Waals surface area contributed by atoms with Gasteiger partial charge in [0.15, 0.2) is 0 Å². The quantitative estimate of drug-likeness (QED) is 0.720. The third-order valence-electron chi connectivity index (χ3n) is 8.20. The molecule has 5 rings (SSSR count). The average molecular weight is 447 g/mol. The average Bonchev–Trinajstić information content (AvgIpc) is 3.08. The Labute approximate surface area is 196 Å². The molecule has 33 heavy (non-hydrogen) atoms. The molecule has 0 N–H and O–H groups in total. The van der Waals surface area contributed by atoms with Crippen molar-refractivity contribution in [2.75, 3.05) is 32.7 Å². The SMILES string of the molecule is CCN1C(=O)C2(CCN(Cc3cccnc3)CC2)CC12CCN(C(=O)c1ccccc1)CC2. The van der Waals surface area contributed by atoms with Crippen molar-refractivity contribution in [3.63, 3.8) is 0 Å². The third kappa shape index (κ3) is 4.05. The minimum atomic E-state index is -0.229. The number of aromatic nitrogens is 1. The Kier molecular flexibility index (Phi) is 5.95. The van der Waals surface area contributed by atoms with Crippen LogP contribution in [-0.4, -0.2) is 69.8 Å². The Balaban J connectivity index is 1.25. The highest BCUT2D eigenvalue weighted by Crippen LogP contribution is 2.52. The van der Waals surface area contributed by atoms with E-state index < -0.39 is 0 Å². The first kappa shape index (κ1) is 22.1. The molecular formula is C27H34N4O2. The molecule has 3 saturated heterocycles. The van der Waals surface area contributed by atoms with E-state index in [0.29, 0.717) is 5.91 Å². The highest BCUT2D eigenvalue weighted by atomic mass is 16.2. The van der Waals surface area contributed by atoms with Crippen LogP contribution in [0.2, 0.25) is 0 Å². The smallest absolute Gasteiger partial charge is 0.253 e. The molecule has 0 bridgehead atoms. The molecule has 1 aromatic heterocycles. The predicted octanol–water partition coefficient (Wildman–Crippen LogP) is 3.59. The molecule has 3 fully saturated rings. The molecule has 0 radical (unpaired) electrons. The maximum atomic E-state index is 13.7. The van der Waals surface area contributed by atoms with Crippen LogP contribution in [0.25, 0.3) is 0 Å². The van der Waals surface area contributed by atoms with Crippen LogP contribution in [0, 0.1) is 5.41 Å². The van der Waals surface area contributed by atoms with Gasteiger partial charge in [0.1, 0.15) is 0 Å². The van der Waals surface area contributed by atoms with Crippen molar-refractivity contribution < 1.29 is 9.59 Å². The summed E-state index contributed by atoms with van der Waals surface area (Å²) in [4.78, 5) is 37.5. The van der Waals surface area contributed by atoms with E-state index in [1.165, 1.54) is 5.56 Å². The molecule has 6 nitrogen and oxygen atoms in total. The molecular weight excluding hydrogens is 412 g/mol. The maximum Gasteiger partial charge on any atom is 0.253 e. The zero-order chi connectivity index (χ0) is 22.9. The summed E-state index contributed by atoms with van der Waals surface area (Å²) in [6.07, 6.45) is 8.31. The number of benzene rings is 1. The van der Waals surface area contributed by atoms with Crippen molar-refractivity contribution in [2.24, 2.45) is 5.41 Å². The summed E-state index contributed by atoms with van der Waals surface area (Å²) in [5.74, 6) is 0.463. The largest absolute Gasteiger partial charge is 0.338 e. The molecule has 1 aromatic carbocycles. The van der Waals surface area contributed by atoms with Gasteiger partial charge in [-0.25, -0.2) is 0 Å². The molecule has 0 atom stereocenters. The zero-order valence-corrected chi connectivity index (χ0v) is 19.6. The Bertz CT molecular complexity index is 978. The van der Waals surface area contributed by atoms with Crippen LogP contribution in [0.15, 0.2) is 54.9 Å². The van der Waals surface area contributed by atoms with Gasteiger partial charge in [-0.05, 0) is 75.9 Å². The molecule has 0 saturated carbocycles. The molecule has 0 unspecified atom stereocenters. The highest BCUT2D eigenvalue weighted by molar-refractivity contribution is 5.94. The molecule has 2 amide bonds. The Morgan fingerprint density at radius 2 is 1.70 bits per heavy atom. The second kappa shape index (κ2) is 8.90. The standard InChI is InChI=1S/C27H34N4O2/c1-2-31-25(33)26(10-15-29(16-11-26)20-22-7-6-14-28-19-22)21-27(31)12-17-30(18-13-27)24(32)23-8-4-3-5-9-23/h3-9,14,19H,2,10-13,15-18,20-21H2,1H3. The lowest BCUT2D eigenvalue weighted by Gasteiger charge is -2.45. The summed E-state index contributed by atoms with van der Waals surface area (Å²) in [5, 5.41) is 0. The fourth-order valence-corrected chi connectivity index (χ4v) is 6.40. The first-order valence-electron chi connectivity index (χ1n) is 12.3. The number of likely N-dealkylation sites (tertiary alicyclic amines) is 3. The van der Waals surface area contributed by atoms with Crippen molar-refractivity contribution in [2.45, 2.75) is 51.1 Å². The van der Waals surface area contributed by atoms with Crippen LogP contribution >= 0.6 is 0 Å². The number of carbonyl (C=O) groups is 2. The van der Waals surface area contributed by atoms with Crippen LogP contribution in [-0.2, 0) is 11.3 Å².